The van der Waals surface area contributed by atoms with E-state index in [1.54, 1.807) is 12.1 Å². The number of para-hydroxylation sites is 1. The van der Waals surface area contributed by atoms with Gasteiger partial charge >= 0.3 is 0 Å². The third-order valence-corrected chi connectivity index (χ3v) is 6.16. The zero-order valence-electron chi connectivity index (χ0n) is 18.0. The van der Waals surface area contributed by atoms with Crippen molar-refractivity contribution in [3.8, 4) is 33.5 Å². The number of benzene rings is 4. The molecular weight excluding hydrogens is 409 g/mol. The molecule has 0 fully saturated rings. The fourth-order valence-corrected chi connectivity index (χ4v) is 4.49. The van der Waals surface area contributed by atoms with Gasteiger partial charge in [0, 0.05) is 33.7 Å². The molecule has 0 N–H and O–H groups in total. The van der Waals surface area contributed by atoms with Crippen molar-refractivity contribution in [2.45, 2.75) is 6.92 Å². The molecule has 33 heavy (non-hydrogen) atoms. The molecule has 2 heterocycles. The Morgan fingerprint density at radius 3 is 2.27 bits per heavy atom. The third-order valence-electron chi connectivity index (χ3n) is 6.16. The van der Waals surface area contributed by atoms with E-state index in [2.05, 4.69) is 31.2 Å². The molecule has 6 rings (SSSR count). The smallest absolute Gasteiger partial charge is 0.144 e. The van der Waals surface area contributed by atoms with Crippen LogP contribution in [0.25, 0.3) is 55.4 Å². The van der Waals surface area contributed by atoms with E-state index in [0.29, 0.717) is 5.56 Å². The first-order chi connectivity index (χ1) is 16.2. The predicted octanol–water partition coefficient (Wildman–Crippen LogP) is 8.43. The normalized spacial score (nSPS) is 11.3. The summed E-state index contributed by atoms with van der Waals surface area (Å²) in [6, 6.07) is 31.1. The van der Waals surface area contributed by atoms with Gasteiger partial charge in [-0.25, -0.2) is 4.39 Å². The summed E-state index contributed by atoms with van der Waals surface area (Å²) in [6.07, 6.45) is 1.93. The maximum absolute atomic E-state index is 14.3. The Hall–Kier alpha value is -4.24. The van der Waals surface area contributed by atoms with Gasteiger partial charge in [0.25, 0.3) is 0 Å². The minimum Gasteiger partial charge on any atom is -0.455 e. The third kappa shape index (κ3) is 3.30. The minimum absolute atomic E-state index is 0.244. The lowest BCUT2D eigenvalue weighted by Gasteiger charge is -2.08. The second kappa shape index (κ2) is 7.72. The highest BCUT2D eigenvalue weighted by atomic mass is 19.1. The lowest BCUT2D eigenvalue weighted by Crippen LogP contribution is -1.90. The topological polar surface area (TPSA) is 26.0 Å². The van der Waals surface area contributed by atoms with E-state index in [0.717, 1.165) is 55.4 Å². The van der Waals surface area contributed by atoms with Crippen LogP contribution in [0.1, 0.15) is 5.56 Å². The van der Waals surface area contributed by atoms with Gasteiger partial charge in [-0.1, -0.05) is 66.7 Å². The van der Waals surface area contributed by atoms with Crippen LogP contribution in [0.3, 0.4) is 0 Å². The second-order valence-electron chi connectivity index (χ2n) is 8.23. The minimum atomic E-state index is -0.244. The van der Waals surface area contributed by atoms with Crippen LogP contribution in [-0.4, -0.2) is 4.98 Å². The van der Waals surface area contributed by atoms with Crippen molar-refractivity contribution in [3.05, 3.63) is 115 Å². The number of halogens is 1. The van der Waals surface area contributed by atoms with E-state index in [-0.39, 0.29) is 5.82 Å². The lowest BCUT2D eigenvalue weighted by atomic mass is 9.99. The summed E-state index contributed by atoms with van der Waals surface area (Å²) in [5.74, 6) is -0.244. The molecule has 0 bridgehead atoms. The molecule has 0 saturated heterocycles. The summed E-state index contributed by atoms with van der Waals surface area (Å²) in [4.78, 5) is 4.77. The summed E-state index contributed by atoms with van der Waals surface area (Å²) in [6.45, 7) is 2.10. The van der Waals surface area contributed by atoms with Crippen molar-refractivity contribution < 1.29 is 8.81 Å². The van der Waals surface area contributed by atoms with Crippen molar-refractivity contribution in [2.24, 2.45) is 0 Å². The highest BCUT2D eigenvalue weighted by Crippen LogP contribution is 2.38. The Labute approximate surface area is 191 Å². The zero-order chi connectivity index (χ0) is 22.4. The van der Waals surface area contributed by atoms with Gasteiger partial charge in [0.2, 0.25) is 0 Å². The molecule has 0 radical (unpaired) electrons. The van der Waals surface area contributed by atoms with Gasteiger partial charge in [-0.2, -0.15) is 0 Å². The van der Waals surface area contributed by atoms with Crippen molar-refractivity contribution in [1.82, 2.24) is 4.98 Å². The maximum atomic E-state index is 14.3. The van der Waals surface area contributed by atoms with E-state index in [4.69, 9.17) is 9.40 Å². The molecule has 3 heteroatoms. The number of furan rings is 1. The molecule has 0 saturated carbocycles. The molecule has 0 aliphatic rings. The number of fused-ring (bicyclic) bond motifs is 3. The van der Waals surface area contributed by atoms with Gasteiger partial charge in [0.15, 0.2) is 0 Å². The number of aryl methyl sites for hydroxylation is 1. The van der Waals surface area contributed by atoms with Gasteiger partial charge in [0.1, 0.15) is 17.0 Å². The van der Waals surface area contributed by atoms with Crippen molar-refractivity contribution >= 4 is 21.9 Å². The average Bonchev–Trinajstić information content (AvgIpc) is 3.23. The van der Waals surface area contributed by atoms with Crippen LogP contribution in [0.15, 0.2) is 108 Å². The Morgan fingerprint density at radius 1 is 0.667 bits per heavy atom. The van der Waals surface area contributed by atoms with E-state index in [1.807, 2.05) is 60.8 Å². The Balaban J connectivity index is 1.49. The van der Waals surface area contributed by atoms with Gasteiger partial charge < -0.3 is 4.42 Å². The van der Waals surface area contributed by atoms with Gasteiger partial charge in [-0.15, -0.1) is 0 Å². The molecule has 4 aromatic carbocycles. The fraction of sp³-hybridized carbons (Fsp3) is 0.0333. The first-order valence-corrected chi connectivity index (χ1v) is 10.9. The molecule has 2 nitrogen and oxygen atoms in total. The van der Waals surface area contributed by atoms with Crippen molar-refractivity contribution in [1.29, 1.82) is 0 Å². The molecule has 0 aliphatic carbocycles. The van der Waals surface area contributed by atoms with Crippen molar-refractivity contribution in [2.75, 3.05) is 0 Å². The molecular formula is C30H20FNO. The van der Waals surface area contributed by atoms with Crippen LogP contribution in [0.5, 0.6) is 0 Å². The number of nitrogens with zero attached hydrogens (tertiary/aromatic N) is 1. The quantitative estimate of drug-likeness (QED) is 0.282. The Morgan fingerprint density at radius 2 is 1.45 bits per heavy atom. The van der Waals surface area contributed by atoms with Crippen LogP contribution in [-0.2, 0) is 0 Å². The molecule has 0 aliphatic heterocycles. The molecule has 0 amide bonds. The van der Waals surface area contributed by atoms with Crippen LogP contribution in [0.2, 0.25) is 0 Å². The predicted molar refractivity (Wildman–Crippen MR) is 133 cm³/mol. The average molecular weight is 429 g/mol. The van der Waals surface area contributed by atoms with Crippen molar-refractivity contribution in [3.63, 3.8) is 0 Å². The monoisotopic (exact) mass is 429 g/mol. The first-order valence-electron chi connectivity index (χ1n) is 10.9. The van der Waals surface area contributed by atoms with Crippen LogP contribution >= 0.6 is 0 Å². The van der Waals surface area contributed by atoms with E-state index < -0.39 is 0 Å². The van der Waals surface area contributed by atoms with E-state index in [1.165, 1.54) is 6.07 Å². The number of hydrogen-bond acceptors (Lipinski definition) is 2. The number of aromatic nitrogens is 1. The SMILES string of the molecule is Cc1cc(-c2cccc3c2oc2cc(-c4ccccc4F)ccc23)ncc1-c1ccccc1. The molecule has 158 valence electrons. The lowest BCUT2D eigenvalue weighted by molar-refractivity contribution is 0.631. The first kappa shape index (κ1) is 19.4. The Kier molecular flexibility index (Phi) is 4.55. The van der Waals surface area contributed by atoms with Gasteiger partial charge in [-0.3, -0.25) is 4.98 Å². The summed E-state index contributed by atoms with van der Waals surface area (Å²) in [7, 11) is 0. The molecule has 2 aromatic heterocycles. The number of pyridine rings is 1. The highest BCUT2D eigenvalue weighted by molar-refractivity contribution is 6.10. The molecule has 0 unspecified atom stereocenters. The Bertz CT molecular complexity index is 1630. The fourth-order valence-electron chi connectivity index (χ4n) is 4.49. The number of hydrogen-bond donors (Lipinski definition) is 0. The highest BCUT2D eigenvalue weighted by Gasteiger charge is 2.15. The molecule has 6 aromatic rings. The second-order valence-corrected chi connectivity index (χ2v) is 8.23. The summed E-state index contributed by atoms with van der Waals surface area (Å²) < 4.78 is 20.7. The van der Waals surface area contributed by atoms with Gasteiger partial charge in [0.05, 0.1) is 5.69 Å². The summed E-state index contributed by atoms with van der Waals surface area (Å²) in [5.41, 5.74) is 8.11. The molecule has 0 spiro atoms. The standard InChI is InChI=1S/C30H20FNO/c1-19-16-28(32-18-26(19)20-8-3-2-4-9-20)25-12-7-11-24-23-15-14-21(17-29(23)33-30(24)25)22-10-5-6-13-27(22)31/h2-18H,1H3. The van der Waals surface area contributed by atoms with Gasteiger partial charge in [-0.05, 0) is 53.9 Å². The van der Waals surface area contributed by atoms with E-state index in [9.17, 15) is 4.39 Å². The van der Waals surface area contributed by atoms with Crippen LogP contribution < -0.4 is 0 Å². The van der Waals surface area contributed by atoms with E-state index >= 15 is 0 Å². The maximum Gasteiger partial charge on any atom is 0.144 e. The summed E-state index contributed by atoms with van der Waals surface area (Å²) >= 11 is 0. The largest absolute Gasteiger partial charge is 0.455 e. The van der Waals surface area contributed by atoms with Crippen LogP contribution in [0, 0.1) is 12.7 Å². The summed E-state index contributed by atoms with van der Waals surface area (Å²) in [5, 5.41) is 2.03. The van der Waals surface area contributed by atoms with Crippen LogP contribution in [0.4, 0.5) is 4.39 Å². The number of rotatable bonds is 3. The molecule has 0 atom stereocenters. The zero-order valence-corrected chi connectivity index (χ0v) is 18.0.